The van der Waals surface area contributed by atoms with Crippen molar-refractivity contribution in [2.45, 2.75) is 11.8 Å². The maximum atomic E-state index is 11.2. The number of nitrogens with zero attached hydrogens (tertiary/aromatic N) is 1. The van der Waals surface area contributed by atoms with E-state index in [0.29, 0.717) is 10.8 Å². The van der Waals surface area contributed by atoms with Crippen molar-refractivity contribution < 1.29 is 8.42 Å². The highest BCUT2D eigenvalue weighted by molar-refractivity contribution is 7.89. The van der Waals surface area contributed by atoms with E-state index < -0.39 is 10.0 Å². The molecular weight excluding hydrogens is 258 g/mol. The van der Waals surface area contributed by atoms with Gasteiger partial charge in [0.05, 0.1) is 4.90 Å². The van der Waals surface area contributed by atoms with Crippen LogP contribution in [0.4, 0.5) is 5.69 Å². The van der Waals surface area contributed by atoms with Gasteiger partial charge in [0.25, 0.3) is 0 Å². The van der Waals surface area contributed by atoms with Crippen LogP contribution in [0.3, 0.4) is 0 Å². The zero-order chi connectivity index (χ0) is 13.2. The van der Waals surface area contributed by atoms with Crippen LogP contribution in [0.1, 0.15) is 5.56 Å². The van der Waals surface area contributed by atoms with E-state index in [1.54, 1.807) is 25.1 Å². The number of primary sulfonamides is 1. The van der Waals surface area contributed by atoms with E-state index in [1.807, 2.05) is 6.92 Å². The molecule has 1 rings (SSSR count). The van der Waals surface area contributed by atoms with E-state index in [0.717, 1.165) is 5.56 Å². The minimum atomic E-state index is -3.70. The molecule has 0 aliphatic carbocycles. The Balaban J connectivity index is 3.12. The van der Waals surface area contributed by atoms with Gasteiger partial charge in [0.1, 0.15) is 0 Å². The molecule has 0 aliphatic heterocycles. The molecule has 0 fully saturated rings. The lowest BCUT2D eigenvalue weighted by Gasteiger charge is -2.17. The smallest absolute Gasteiger partial charge is 0.238 e. The second-order valence-corrected chi connectivity index (χ2v) is 5.79. The quantitative estimate of drug-likeness (QED) is 0.783. The molecule has 0 radical (unpaired) electrons. The van der Waals surface area contributed by atoms with Crippen LogP contribution in [0, 0.1) is 6.92 Å². The first-order chi connectivity index (χ1) is 7.71. The SMILES string of the molecule is Cc1ccc(S(N)(=O)=O)cc1NC(=S)N(C)C. The molecule has 0 saturated heterocycles. The molecule has 0 unspecified atom stereocenters. The molecule has 1 aromatic carbocycles. The van der Waals surface area contributed by atoms with E-state index in [1.165, 1.54) is 12.1 Å². The van der Waals surface area contributed by atoms with Crippen molar-refractivity contribution in [3.05, 3.63) is 23.8 Å². The van der Waals surface area contributed by atoms with Gasteiger partial charge < -0.3 is 10.2 Å². The number of nitrogens with one attached hydrogen (secondary N) is 1. The highest BCUT2D eigenvalue weighted by Gasteiger charge is 2.11. The molecule has 5 nitrogen and oxygen atoms in total. The fraction of sp³-hybridized carbons (Fsp3) is 0.300. The summed E-state index contributed by atoms with van der Waals surface area (Å²) in [6.07, 6.45) is 0. The fourth-order valence-electron chi connectivity index (χ4n) is 1.14. The van der Waals surface area contributed by atoms with E-state index in [-0.39, 0.29) is 4.90 Å². The lowest BCUT2D eigenvalue weighted by molar-refractivity contribution is 0.598. The van der Waals surface area contributed by atoms with Gasteiger partial charge in [-0.05, 0) is 36.8 Å². The van der Waals surface area contributed by atoms with Crippen LogP contribution in [0.15, 0.2) is 23.1 Å². The summed E-state index contributed by atoms with van der Waals surface area (Å²) in [5, 5.41) is 8.53. The zero-order valence-electron chi connectivity index (χ0n) is 9.89. The first-order valence-corrected chi connectivity index (χ1v) is 6.79. The molecular formula is C10H15N3O2S2. The molecule has 0 atom stereocenters. The Labute approximate surface area is 107 Å². The molecule has 0 aromatic heterocycles. The maximum Gasteiger partial charge on any atom is 0.238 e. The third-order valence-corrected chi connectivity index (χ3v) is 3.56. The molecule has 0 aliphatic rings. The summed E-state index contributed by atoms with van der Waals surface area (Å²) >= 11 is 5.09. The average molecular weight is 273 g/mol. The number of hydrogen-bond donors (Lipinski definition) is 2. The maximum absolute atomic E-state index is 11.2. The largest absolute Gasteiger partial charge is 0.355 e. The van der Waals surface area contributed by atoms with Gasteiger partial charge in [0, 0.05) is 19.8 Å². The second-order valence-electron chi connectivity index (χ2n) is 3.85. The van der Waals surface area contributed by atoms with Gasteiger partial charge in [-0.2, -0.15) is 0 Å². The average Bonchev–Trinajstić information content (AvgIpc) is 2.19. The van der Waals surface area contributed by atoms with E-state index >= 15 is 0 Å². The molecule has 0 bridgehead atoms. The number of hydrogen-bond acceptors (Lipinski definition) is 3. The Morgan fingerprint density at radius 3 is 2.47 bits per heavy atom. The molecule has 7 heteroatoms. The number of benzene rings is 1. The van der Waals surface area contributed by atoms with Gasteiger partial charge in [-0.15, -0.1) is 0 Å². The molecule has 0 heterocycles. The number of thiocarbonyl (C=S) groups is 1. The first kappa shape index (κ1) is 13.9. The highest BCUT2D eigenvalue weighted by atomic mass is 32.2. The molecule has 3 N–H and O–H groups in total. The number of nitrogens with two attached hydrogens (primary N) is 1. The summed E-state index contributed by atoms with van der Waals surface area (Å²) in [5.41, 5.74) is 1.52. The van der Waals surface area contributed by atoms with Crippen LogP contribution in [0.25, 0.3) is 0 Å². The second kappa shape index (κ2) is 4.99. The Bertz CT molecular complexity index is 538. The zero-order valence-corrected chi connectivity index (χ0v) is 11.5. The normalized spacial score (nSPS) is 11.1. The van der Waals surface area contributed by atoms with Crippen LogP contribution in [-0.4, -0.2) is 32.5 Å². The third kappa shape index (κ3) is 3.65. The Kier molecular flexibility index (Phi) is 4.07. The Hall–Kier alpha value is -1.18. The van der Waals surface area contributed by atoms with Gasteiger partial charge in [-0.3, -0.25) is 0 Å². The molecule has 0 spiro atoms. The topological polar surface area (TPSA) is 75.4 Å². The van der Waals surface area contributed by atoms with E-state index in [4.69, 9.17) is 17.4 Å². The van der Waals surface area contributed by atoms with Crippen LogP contribution in [0.2, 0.25) is 0 Å². The number of anilines is 1. The van der Waals surface area contributed by atoms with Gasteiger partial charge in [-0.25, -0.2) is 13.6 Å². The van der Waals surface area contributed by atoms with Crippen molar-refractivity contribution in [3.63, 3.8) is 0 Å². The summed E-state index contributed by atoms with van der Waals surface area (Å²) in [5.74, 6) is 0. The van der Waals surface area contributed by atoms with Crippen molar-refractivity contribution in [3.8, 4) is 0 Å². The van der Waals surface area contributed by atoms with Crippen molar-refractivity contribution >= 4 is 33.0 Å². The summed E-state index contributed by atoms with van der Waals surface area (Å²) in [6, 6.07) is 4.62. The van der Waals surface area contributed by atoms with Crippen molar-refractivity contribution in [1.29, 1.82) is 0 Å². The van der Waals surface area contributed by atoms with Gasteiger partial charge in [-0.1, -0.05) is 6.07 Å². The van der Waals surface area contributed by atoms with Crippen LogP contribution < -0.4 is 10.5 Å². The summed E-state index contributed by atoms with van der Waals surface area (Å²) in [7, 11) is -0.0954. The minimum absolute atomic E-state index is 0.0622. The van der Waals surface area contributed by atoms with Crippen molar-refractivity contribution in [1.82, 2.24) is 4.90 Å². The van der Waals surface area contributed by atoms with E-state index in [9.17, 15) is 8.42 Å². The predicted molar refractivity (Wildman–Crippen MR) is 72.5 cm³/mol. The predicted octanol–water partition coefficient (Wildman–Crippen LogP) is 0.901. The van der Waals surface area contributed by atoms with Crippen LogP contribution in [-0.2, 0) is 10.0 Å². The summed E-state index contributed by atoms with van der Waals surface area (Å²) in [6.45, 7) is 1.85. The summed E-state index contributed by atoms with van der Waals surface area (Å²) in [4.78, 5) is 1.78. The van der Waals surface area contributed by atoms with Gasteiger partial charge >= 0.3 is 0 Å². The fourth-order valence-corrected chi connectivity index (χ4v) is 1.79. The lowest BCUT2D eigenvalue weighted by Crippen LogP contribution is -2.27. The Morgan fingerprint density at radius 2 is 2.00 bits per heavy atom. The molecule has 17 heavy (non-hydrogen) atoms. The van der Waals surface area contributed by atoms with E-state index in [2.05, 4.69) is 5.32 Å². The number of aryl methyl sites for hydroxylation is 1. The number of rotatable bonds is 2. The monoisotopic (exact) mass is 273 g/mol. The van der Waals surface area contributed by atoms with Crippen LogP contribution >= 0.6 is 12.2 Å². The standard InChI is InChI=1S/C10H15N3O2S2/c1-7-4-5-8(17(11,14)15)6-9(7)12-10(16)13(2)3/h4-6H,1-3H3,(H,12,16)(H2,11,14,15). The van der Waals surface area contributed by atoms with Gasteiger partial charge in [0.2, 0.25) is 10.0 Å². The molecule has 94 valence electrons. The lowest BCUT2D eigenvalue weighted by atomic mass is 10.2. The Morgan fingerprint density at radius 1 is 1.41 bits per heavy atom. The minimum Gasteiger partial charge on any atom is -0.355 e. The van der Waals surface area contributed by atoms with Crippen molar-refractivity contribution in [2.75, 3.05) is 19.4 Å². The molecule has 1 aromatic rings. The van der Waals surface area contributed by atoms with Crippen LogP contribution in [0.5, 0.6) is 0 Å². The van der Waals surface area contributed by atoms with Crippen molar-refractivity contribution in [2.24, 2.45) is 5.14 Å². The molecule has 0 saturated carbocycles. The first-order valence-electron chi connectivity index (χ1n) is 4.83. The number of sulfonamides is 1. The summed E-state index contributed by atoms with van der Waals surface area (Å²) < 4.78 is 22.4. The third-order valence-electron chi connectivity index (χ3n) is 2.19. The highest BCUT2D eigenvalue weighted by Crippen LogP contribution is 2.19. The molecule has 0 amide bonds. The van der Waals surface area contributed by atoms with Gasteiger partial charge in [0.15, 0.2) is 5.11 Å².